The third-order valence-electron chi connectivity index (χ3n) is 3.69. The monoisotopic (exact) mass is 288 g/mol. The fraction of sp³-hybridized carbons (Fsp3) is 0.923. The van der Waals surface area contributed by atoms with Crippen LogP contribution in [0.25, 0.3) is 0 Å². The molecule has 20 heavy (non-hydrogen) atoms. The van der Waals surface area contributed by atoms with Crippen LogP contribution in [0, 0.1) is 0 Å². The number of fused-ring (bicyclic) bond motifs is 1. The lowest BCUT2D eigenvalue weighted by Gasteiger charge is -2.27. The molecule has 0 spiro atoms. The van der Waals surface area contributed by atoms with Gasteiger partial charge < -0.3 is 28.8 Å². The quantitative estimate of drug-likeness (QED) is 0.713. The molecule has 0 radical (unpaired) electrons. The Labute approximate surface area is 117 Å². The molecule has 3 saturated heterocycles. The molecule has 7 nitrogen and oxygen atoms in total. The van der Waals surface area contributed by atoms with E-state index in [1.807, 2.05) is 0 Å². The topological polar surface area (TPSA) is 83.5 Å². The van der Waals surface area contributed by atoms with Crippen LogP contribution >= 0.6 is 0 Å². The average Bonchev–Trinajstić information content (AvgIpc) is 2.92. The number of carbonyl (C=O) groups excluding carboxylic acids is 1. The first-order valence-electron chi connectivity index (χ1n) is 6.74. The van der Waals surface area contributed by atoms with Gasteiger partial charge in [-0.15, -0.1) is 0 Å². The molecule has 5 atom stereocenters. The Bertz CT molecular complexity index is 419. The third-order valence-corrected chi connectivity index (χ3v) is 3.69. The maximum atomic E-state index is 11.8. The van der Waals surface area contributed by atoms with Crippen molar-refractivity contribution in [2.45, 2.75) is 69.8 Å². The lowest BCUT2D eigenvalue weighted by molar-refractivity contribution is -0.203. The second-order valence-corrected chi connectivity index (χ2v) is 6.28. The Morgan fingerprint density at radius 1 is 1.15 bits per heavy atom. The van der Waals surface area contributed by atoms with E-state index in [-0.39, 0.29) is 6.61 Å². The van der Waals surface area contributed by atoms with Crippen molar-refractivity contribution in [3.05, 3.63) is 0 Å². The molecular formula is C13H20O7. The average molecular weight is 288 g/mol. The molecular weight excluding hydrogens is 268 g/mol. The van der Waals surface area contributed by atoms with Crippen LogP contribution in [0.1, 0.15) is 27.7 Å². The summed E-state index contributed by atoms with van der Waals surface area (Å²) < 4.78 is 27.4. The van der Waals surface area contributed by atoms with Gasteiger partial charge in [0, 0.05) is 0 Å². The summed E-state index contributed by atoms with van der Waals surface area (Å²) >= 11 is 0. The molecule has 0 aromatic carbocycles. The van der Waals surface area contributed by atoms with Gasteiger partial charge in [-0.05, 0) is 27.7 Å². The molecule has 3 aliphatic heterocycles. The van der Waals surface area contributed by atoms with Crippen LogP contribution in [0.4, 0.5) is 0 Å². The first-order valence-corrected chi connectivity index (χ1v) is 6.74. The molecule has 0 aliphatic carbocycles. The zero-order chi connectivity index (χ0) is 14.7. The van der Waals surface area contributed by atoms with Gasteiger partial charge in [0.25, 0.3) is 0 Å². The van der Waals surface area contributed by atoms with Gasteiger partial charge in [0.1, 0.15) is 18.3 Å². The molecule has 0 bridgehead atoms. The highest BCUT2D eigenvalue weighted by atomic mass is 16.8. The van der Waals surface area contributed by atoms with Gasteiger partial charge in [-0.25, -0.2) is 4.79 Å². The summed E-state index contributed by atoms with van der Waals surface area (Å²) in [5.74, 6) is -2.12. The predicted octanol–water partition coefficient (Wildman–Crippen LogP) is -0.0557. The number of esters is 1. The third kappa shape index (κ3) is 2.33. The van der Waals surface area contributed by atoms with Crippen molar-refractivity contribution >= 4 is 5.97 Å². The molecule has 0 aromatic rings. The van der Waals surface area contributed by atoms with Crippen molar-refractivity contribution in [1.82, 2.24) is 0 Å². The molecule has 0 unspecified atom stereocenters. The summed E-state index contributed by atoms with van der Waals surface area (Å²) in [5.41, 5.74) is 0. The highest BCUT2D eigenvalue weighted by molar-refractivity contribution is 5.78. The smallest absolute Gasteiger partial charge is 0.338 e. The number of aliphatic hydroxyl groups excluding tert-OH is 1. The standard InChI is InChI=1S/C13H20O7/c1-12(2)16-5-6(18-12)7(14)8-9-10(11(15)17-8)20-13(3,4)19-9/h6-10,14H,5H2,1-4H3/t6-,7-,8+,9+,10+/m1/s1. The van der Waals surface area contributed by atoms with Crippen LogP contribution in [-0.4, -0.2) is 59.8 Å². The summed E-state index contributed by atoms with van der Waals surface area (Å²) in [6.07, 6.45) is -3.81. The maximum absolute atomic E-state index is 11.8. The highest BCUT2D eigenvalue weighted by Gasteiger charge is 2.59. The zero-order valence-electron chi connectivity index (χ0n) is 12.0. The Morgan fingerprint density at radius 3 is 2.45 bits per heavy atom. The summed E-state index contributed by atoms with van der Waals surface area (Å²) in [6, 6.07) is 0. The van der Waals surface area contributed by atoms with E-state index in [1.165, 1.54) is 0 Å². The zero-order valence-corrected chi connectivity index (χ0v) is 12.0. The van der Waals surface area contributed by atoms with E-state index in [0.717, 1.165) is 0 Å². The summed E-state index contributed by atoms with van der Waals surface area (Å²) in [5, 5.41) is 10.4. The molecule has 1 N–H and O–H groups in total. The fourth-order valence-corrected chi connectivity index (χ4v) is 2.84. The highest BCUT2D eigenvalue weighted by Crippen LogP contribution is 2.38. The minimum absolute atomic E-state index is 0.240. The SMILES string of the molecule is CC1(C)O[C@H]2[C@H]([C@H](O)[C@H]3COC(C)(C)O3)OC(=O)[C@H]2O1. The van der Waals surface area contributed by atoms with Gasteiger partial charge in [-0.3, -0.25) is 0 Å². The molecule has 3 aliphatic rings. The molecule has 3 rings (SSSR count). The van der Waals surface area contributed by atoms with Crippen LogP contribution in [0.15, 0.2) is 0 Å². The van der Waals surface area contributed by atoms with Gasteiger partial charge >= 0.3 is 5.97 Å². The van der Waals surface area contributed by atoms with E-state index in [1.54, 1.807) is 27.7 Å². The Balaban J connectivity index is 1.73. The maximum Gasteiger partial charge on any atom is 0.338 e. The molecule has 3 heterocycles. The summed E-state index contributed by atoms with van der Waals surface area (Å²) in [7, 11) is 0. The van der Waals surface area contributed by atoms with Gasteiger partial charge in [0.15, 0.2) is 23.8 Å². The number of hydrogen-bond acceptors (Lipinski definition) is 7. The lowest BCUT2D eigenvalue weighted by atomic mass is 10.0. The van der Waals surface area contributed by atoms with Gasteiger partial charge in [-0.1, -0.05) is 0 Å². The van der Waals surface area contributed by atoms with Crippen molar-refractivity contribution < 1.29 is 33.6 Å². The van der Waals surface area contributed by atoms with Crippen molar-refractivity contribution in [3.63, 3.8) is 0 Å². The van der Waals surface area contributed by atoms with E-state index in [9.17, 15) is 9.90 Å². The number of ether oxygens (including phenoxy) is 5. The Morgan fingerprint density at radius 2 is 1.85 bits per heavy atom. The summed E-state index contributed by atoms with van der Waals surface area (Å²) in [4.78, 5) is 11.8. The number of aliphatic hydroxyl groups is 1. The van der Waals surface area contributed by atoms with Crippen molar-refractivity contribution in [2.75, 3.05) is 6.61 Å². The minimum atomic E-state index is -1.02. The molecule has 0 amide bonds. The number of hydrogen-bond donors (Lipinski definition) is 1. The first-order chi connectivity index (χ1) is 9.19. The van der Waals surface area contributed by atoms with Gasteiger partial charge in [0.2, 0.25) is 0 Å². The van der Waals surface area contributed by atoms with E-state index in [2.05, 4.69) is 0 Å². The van der Waals surface area contributed by atoms with Crippen LogP contribution in [0.2, 0.25) is 0 Å². The van der Waals surface area contributed by atoms with Crippen LogP contribution < -0.4 is 0 Å². The Kier molecular flexibility index (Phi) is 3.11. The van der Waals surface area contributed by atoms with E-state index in [4.69, 9.17) is 23.7 Å². The van der Waals surface area contributed by atoms with Crippen molar-refractivity contribution in [2.24, 2.45) is 0 Å². The lowest BCUT2D eigenvalue weighted by Crippen LogP contribution is -2.46. The number of cyclic esters (lactones) is 1. The van der Waals surface area contributed by atoms with E-state index < -0.39 is 48.1 Å². The molecule has 0 saturated carbocycles. The van der Waals surface area contributed by atoms with Crippen molar-refractivity contribution in [1.29, 1.82) is 0 Å². The first kappa shape index (κ1) is 14.2. The number of carbonyl (C=O) groups is 1. The van der Waals surface area contributed by atoms with Crippen LogP contribution in [0.3, 0.4) is 0 Å². The second-order valence-electron chi connectivity index (χ2n) is 6.28. The number of rotatable bonds is 2. The molecule has 114 valence electrons. The van der Waals surface area contributed by atoms with Gasteiger partial charge in [-0.2, -0.15) is 0 Å². The van der Waals surface area contributed by atoms with Gasteiger partial charge in [0.05, 0.1) is 6.61 Å². The van der Waals surface area contributed by atoms with Crippen LogP contribution in [-0.2, 0) is 28.5 Å². The fourth-order valence-electron chi connectivity index (χ4n) is 2.84. The predicted molar refractivity (Wildman–Crippen MR) is 64.6 cm³/mol. The normalized spacial score (nSPS) is 43.4. The molecule has 0 aromatic heterocycles. The van der Waals surface area contributed by atoms with E-state index >= 15 is 0 Å². The minimum Gasteiger partial charge on any atom is -0.455 e. The Hall–Kier alpha value is -0.730. The molecule has 3 fully saturated rings. The van der Waals surface area contributed by atoms with E-state index in [0.29, 0.717) is 0 Å². The van der Waals surface area contributed by atoms with Crippen LogP contribution in [0.5, 0.6) is 0 Å². The largest absolute Gasteiger partial charge is 0.455 e. The molecule has 7 heteroatoms. The van der Waals surface area contributed by atoms with Crippen molar-refractivity contribution in [3.8, 4) is 0 Å². The second kappa shape index (κ2) is 4.38. The summed E-state index contributed by atoms with van der Waals surface area (Å²) in [6.45, 7) is 7.22.